The molecule has 0 aromatic rings. The van der Waals surface area contributed by atoms with Crippen molar-refractivity contribution in [1.29, 1.82) is 0 Å². The first kappa shape index (κ1) is 19.3. The zero-order valence-electron chi connectivity index (χ0n) is 14.9. The molecule has 3 rings (SSSR count). The second kappa shape index (κ2) is 8.37. The molecule has 2 saturated heterocycles. The summed E-state index contributed by atoms with van der Waals surface area (Å²) in [6.45, 7) is 7.39. The van der Waals surface area contributed by atoms with Crippen molar-refractivity contribution in [1.82, 2.24) is 10.2 Å². The minimum atomic E-state index is 0. The van der Waals surface area contributed by atoms with Gasteiger partial charge in [-0.25, -0.2) is 0 Å². The number of likely N-dealkylation sites (tertiary alicyclic amines) is 1. The topological polar surface area (TPSA) is 36.9 Å². The molecule has 23 heavy (non-hydrogen) atoms. The van der Waals surface area contributed by atoms with Gasteiger partial charge in [-0.1, -0.05) is 32.6 Å². The van der Waals surface area contributed by atoms with Crippen molar-refractivity contribution in [2.75, 3.05) is 39.9 Å². The van der Waals surface area contributed by atoms with E-state index in [2.05, 4.69) is 22.1 Å². The summed E-state index contributed by atoms with van der Waals surface area (Å²) in [5, 5.41) is 3.62. The van der Waals surface area contributed by atoms with E-state index in [-0.39, 0.29) is 24.0 Å². The highest BCUT2D eigenvalue weighted by Gasteiger charge is 2.38. The molecule has 0 aromatic heterocycles. The van der Waals surface area contributed by atoms with Crippen LogP contribution in [-0.2, 0) is 4.74 Å². The van der Waals surface area contributed by atoms with Crippen molar-refractivity contribution in [3.8, 4) is 0 Å². The number of hydrogen-bond acceptors (Lipinski definition) is 2. The second-order valence-electron chi connectivity index (χ2n) is 8.14. The molecule has 3 fully saturated rings. The maximum atomic E-state index is 5.36. The molecule has 1 saturated carbocycles. The number of hydrogen-bond donors (Lipinski definition) is 1. The lowest BCUT2D eigenvalue weighted by molar-refractivity contribution is -0.0973. The highest BCUT2D eigenvalue weighted by molar-refractivity contribution is 14.0. The van der Waals surface area contributed by atoms with Crippen molar-refractivity contribution in [2.45, 2.75) is 58.3 Å². The van der Waals surface area contributed by atoms with Gasteiger partial charge in [0.05, 0.1) is 13.2 Å². The molecule has 5 heteroatoms. The molecule has 0 radical (unpaired) electrons. The number of nitrogens with one attached hydrogen (secondary N) is 1. The Morgan fingerprint density at radius 3 is 2.30 bits per heavy atom. The lowest BCUT2D eigenvalue weighted by atomic mass is 9.74. The molecule has 0 bridgehead atoms. The van der Waals surface area contributed by atoms with Gasteiger partial charge in [0, 0.05) is 32.1 Å². The molecule has 4 nitrogen and oxygen atoms in total. The Balaban J connectivity index is 0.00000192. The number of guanidine groups is 1. The van der Waals surface area contributed by atoms with E-state index in [1.165, 1.54) is 57.9 Å². The van der Waals surface area contributed by atoms with Gasteiger partial charge >= 0.3 is 0 Å². The minimum absolute atomic E-state index is 0. The third kappa shape index (κ3) is 4.74. The Morgan fingerprint density at radius 1 is 1.09 bits per heavy atom. The molecule has 1 N–H and O–H groups in total. The van der Waals surface area contributed by atoms with Gasteiger partial charge < -0.3 is 15.0 Å². The number of nitrogens with zero attached hydrogens (tertiary/aromatic N) is 2. The lowest BCUT2D eigenvalue weighted by Crippen LogP contribution is -2.54. The quantitative estimate of drug-likeness (QED) is 0.409. The van der Waals surface area contributed by atoms with Crippen LogP contribution in [0.2, 0.25) is 0 Å². The van der Waals surface area contributed by atoms with E-state index in [9.17, 15) is 0 Å². The fraction of sp³-hybridized carbons (Fsp3) is 0.944. The molecular weight excluding hydrogens is 401 g/mol. The summed E-state index contributed by atoms with van der Waals surface area (Å²) in [7, 11) is 1.93. The summed E-state index contributed by atoms with van der Waals surface area (Å²) in [4.78, 5) is 7.09. The van der Waals surface area contributed by atoms with E-state index >= 15 is 0 Å². The van der Waals surface area contributed by atoms with Gasteiger partial charge in [-0.05, 0) is 31.1 Å². The van der Waals surface area contributed by atoms with Crippen molar-refractivity contribution in [2.24, 2.45) is 15.8 Å². The van der Waals surface area contributed by atoms with Crippen molar-refractivity contribution in [3.63, 3.8) is 0 Å². The predicted molar refractivity (Wildman–Crippen MR) is 107 cm³/mol. The van der Waals surface area contributed by atoms with E-state index in [0.717, 1.165) is 32.3 Å². The summed E-state index contributed by atoms with van der Waals surface area (Å²) in [5.74, 6) is 1.11. The molecule has 0 atom stereocenters. The second-order valence-corrected chi connectivity index (χ2v) is 8.14. The van der Waals surface area contributed by atoms with Crippen molar-refractivity contribution >= 4 is 29.9 Å². The lowest BCUT2D eigenvalue weighted by Gasteiger charge is -2.45. The zero-order valence-corrected chi connectivity index (χ0v) is 17.2. The van der Waals surface area contributed by atoms with Crippen LogP contribution in [0.25, 0.3) is 0 Å². The van der Waals surface area contributed by atoms with Crippen LogP contribution in [0.15, 0.2) is 4.99 Å². The molecule has 1 aliphatic carbocycles. The average molecular weight is 435 g/mol. The van der Waals surface area contributed by atoms with E-state index in [1.54, 1.807) is 0 Å². The van der Waals surface area contributed by atoms with Crippen molar-refractivity contribution < 1.29 is 4.74 Å². The zero-order chi connectivity index (χ0) is 15.5. The molecule has 2 heterocycles. The molecule has 3 aliphatic rings. The first-order valence-electron chi connectivity index (χ1n) is 9.18. The van der Waals surface area contributed by atoms with Gasteiger partial charge in [0.2, 0.25) is 0 Å². The smallest absolute Gasteiger partial charge is 0.193 e. The van der Waals surface area contributed by atoms with Gasteiger partial charge in [-0.3, -0.25) is 4.99 Å². The summed E-state index contributed by atoms with van der Waals surface area (Å²) < 4.78 is 5.36. The SMILES string of the molecule is CN=C(NCC1(C)COC1)N1CCCC2(CCCCCC2)C1.I. The highest BCUT2D eigenvalue weighted by Crippen LogP contribution is 2.42. The first-order chi connectivity index (χ1) is 10.6. The molecule has 134 valence electrons. The predicted octanol–water partition coefficient (Wildman–Crippen LogP) is 3.65. The summed E-state index contributed by atoms with van der Waals surface area (Å²) in [5.41, 5.74) is 0.863. The third-order valence-corrected chi connectivity index (χ3v) is 5.91. The Kier molecular flexibility index (Phi) is 7.01. The van der Waals surface area contributed by atoms with Crippen LogP contribution < -0.4 is 5.32 Å². The fourth-order valence-corrected chi connectivity index (χ4v) is 4.45. The maximum absolute atomic E-state index is 5.36. The van der Waals surface area contributed by atoms with E-state index in [4.69, 9.17) is 4.74 Å². The first-order valence-corrected chi connectivity index (χ1v) is 9.18. The van der Waals surface area contributed by atoms with Gasteiger partial charge in [-0.2, -0.15) is 0 Å². The standard InChI is InChI=1S/C18H33N3O.HI/c1-17(14-22-15-17)12-20-16(19-2)21-11-7-10-18(13-21)8-5-3-4-6-9-18;/h3-15H2,1-2H3,(H,19,20);1H. The van der Waals surface area contributed by atoms with E-state index in [1.807, 2.05) is 7.05 Å². The Morgan fingerprint density at radius 2 is 1.74 bits per heavy atom. The van der Waals surface area contributed by atoms with Crippen molar-refractivity contribution in [3.05, 3.63) is 0 Å². The number of aliphatic imine (C=N–C) groups is 1. The summed E-state index contributed by atoms with van der Waals surface area (Å²) >= 11 is 0. The highest BCUT2D eigenvalue weighted by atomic mass is 127. The number of rotatable bonds is 2. The molecule has 0 aromatic carbocycles. The van der Waals surface area contributed by atoms with Crippen LogP contribution in [-0.4, -0.2) is 50.8 Å². The normalized spacial score (nSPS) is 26.9. The average Bonchev–Trinajstić information content (AvgIpc) is 2.72. The van der Waals surface area contributed by atoms with Crippen LogP contribution in [0.3, 0.4) is 0 Å². The van der Waals surface area contributed by atoms with Gasteiger partial charge in [0.15, 0.2) is 5.96 Å². The molecule has 2 aliphatic heterocycles. The minimum Gasteiger partial charge on any atom is -0.380 e. The third-order valence-electron chi connectivity index (χ3n) is 5.91. The largest absolute Gasteiger partial charge is 0.380 e. The number of piperidine rings is 1. The van der Waals surface area contributed by atoms with Crippen LogP contribution in [0, 0.1) is 10.8 Å². The Bertz CT molecular complexity index is 401. The Labute approximate surface area is 158 Å². The van der Waals surface area contributed by atoms with Crippen LogP contribution in [0.5, 0.6) is 0 Å². The van der Waals surface area contributed by atoms with Gasteiger partial charge in [-0.15, -0.1) is 24.0 Å². The van der Waals surface area contributed by atoms with E-state index in [0.29, 0.717) is 10.8 Å². The molecule has 0 amide bonds. The number of ether oxygens (including phenoxy) is 1. The van der Waals surface area contributed by atoms with E-state index < -0.39 is 0 Å². The molecular formula is C18H34IN3O. The monoisotopic (exact) mass is 435 g/mol. The van der Waals surface area contributed by atoms with Crippen LogP contribution in [0.4, 0.5) is 0 Å². The van der Waals surface area contributed by atoms with Crippen LogP contribution >= 0.6 is 24.0 Å². The molecule has 0 unspecified atom stereocenters. The van der Waals surface area contributed by atoms with Gasteiger partial charge in [0.1, 0.15) is 0 Å². The molecule has 1 spiro atoms. The maximum Gasteiger partial charge on any atom is 0.193 e. The summed E-state index contributed by atoms with van der Waals surface area (Å²) in [6, 6.07) is 0. The summed E-state index contributed by atoms with van der Waals surface area (Å²) in [6.07, 6.45) is 11.3. The van der Waals surface area contributed by atoms with Crippen LogP contribution in [0.1, 0.15) is 58.3 Å². The van der Waals surface area contributed by atoms with Gasteiger partial charge in [0.25, 0.3) is 0 Å². The number of halogens is 1. The Hall–Kier alpha value is -0.0400. The fourth-order valence-electron chi connectivity index (χ4n) is 4.45.